The number of hydrogen-bond donors (Lipinski definition) is 0. The Kier molecular flexibility index (Phi) is 4.47. The van der Waals surface area contributed by atoms with Crippen LogP contribution in [0.1, 0.15) is 37.8 Å². The largest absolute Gasteiger partial charge is 0.385 e. The van der Waals surface area contributed by atoms with Gasteiger partial charge in [-0.05, 0) is 19.8 Å². The van der Waals surface area contributed by atoms with Gasteiger partial charge >= 0.3 is 0 Å². The first-order valence-corrected chi connectivity index (χ1v) is 7.15. The van der Waals surface area contributed by atoms with E-state index in [2.05, 4.69) is 28.5 Å². The third-order valence-corrected chi connectivity index (χ3v) is 3.68. The summed E-state index contributed by atoms with van der Waals surface area (Å²) in [7, 11) is 3.68. The first-order chi connectivity index (χ1) is 9.13. The highest BCUT2D eigenvalue weighted by Crippen LogP contribution is 2.26. The van der Waals surface area contributed by atoms with Crippen molar-refractivity contribution < 1.29 is 4.74 Å². The molecule has 0 aromatic carbocycles. The van der Waals surface area contributed by atoms with Gasteiger partial charge in [0, 0.05) is 26.8 Å². The van der Waals surface area contributed by atoms with E-state index in [0.29, 0.717) is 11.9 Å². The fourth-order valence-electron chi connectivity index (χ4n) is 2.46. The van der Waals surface area contributed by atoms with Gasteiger partial charge < -0.3 is 9.30 Å². The molecule has 0 radical (unpaired) electrons. The molecule has 0 fully saturated rings. The normalized spacial score (nSPS) is 13.3. The van der Waals surface area contributed by atoms with Crippen molar-refractivity contribution in [3.63, 3.8) is 0 Å². The van der Waals surface area contributed by atoms with Crippen LogP contribution >= 0.6 is 11.6 Å². The third kappa shape index (κ3) is 2.49. The lowest BCUT2D eigenvalue weighted by Gasteiger charge is -2.16. The lowest BCUT2D eigenvalue weighted by molar-refractivity contribution is 0.181. The van der Waals surface area contributed by atoms with Crippen LogP contribution in [0.5, 0.6) is 0 Å². The third-order valence-electron chi connectivity index (χ3n) is 3.44. The molecule has 5 nitrogen and oxygen atoms in total. The van der Waals surface area contributed by atoms with Crippen molar-refractivity contribution in [2.45, 2.75) is 38.6 Å². The van der Waals surface area contributed by atoms with Crippen LogP contribution in [0.4, 0.5) is 0 Å². The number of ether oxygens (including phenoxy) is 1. The number of nitrogens with zero attached hydrogens (tertiary/aromatic N) is 4. The van der Waals surface area contributed by atoms with E-state index in [1.807, 2.05) is 11.7 Å². The quantitative estimate of drug-likeness (QED) is 0.766. The van der Waals surface area contributed by atoms with Crippen LogP contribution in [-0.2, 0) is 24.1 Å². The number of hydrogen-bond acceptors (Lipinski definition) is 3. The van der Waals surface area contributed by atoms with Gasteiger partial charge in [0.05, 0.1) is 11.6 Å². The van der Waals surface area contributed by atoms with Crippen LogP contribution in [0.3, 0.4) is 0 Å². The molecule has 1 atom stereocenters. The minimum absolute atomic E-state index is 0.291. The van der Waals surface area contributed by atoms with E-state index >= 15 is 0 Å². The van der Waals surface area contributed by atoms with Crippen LogP contribution in [-0.4, -0.2) is 33.0 Å². The average molecular weight is 285 g/mol. The molecule has 6 heteroatoms. The molecule has 0 N–H and O–H groups in total. The maximum absolute atomic E-state index is 6.04. The smallest absolute Gasteiger partial charge is 0.158 e. The van der Waals surface area contributed by atoms with Gasteiger partial charge in [0.25, 0.3) is 0 Å². The zero-order chi connectivity index (χ0) is 14.0. The Morgan fingerprint density at radius 1 is 1.42 bits per heavy atom. The summed E-state index contributed by atoms with van der Waals surface area (Å²) in [4.78, 5) is 4.66. The Balaban J connectivity index is 2.53. The summed E-state index contributed by atoms with van der Waals surface area (Å²) in [5.74, 6) is 1.32. The number of rotatable bonds is 6. The summed E-state index contributed by atoms with van der Waals surface area (Å²) in [6, 6.07) is 0.291. The lowest BCUT2D eigenvalue weighted by atomic mass is 10.2. The summed E-state index contributed by atoms with van der Waals surface area (Å²) in [5.41, 5.74) is 3.06. The summed E-state index contributed by atoms with van der Waals surface area (Å²) < 4.78 is 9.25. The van der Waals surface area contributed by atoms with E-state index in [0.717, 1.165) is 42.1 Å². The van der Waals surface area contributed by atoms with Gasteiger partial charge in [-0.1, -0.05) is 6.92 Å². The molecule has 19 heavy (non-hydrogen) atoms. The number of halogens is 1. The second-order valence-electron chi connectivity index (χ2n) is 4.76. The molecule has 106 valence electrons. The molecule has 0 amide bonds. The van der Waals surface area contributed by atoms with Crippen molar-refractivity contribution in [3.05, 3.63) is 11.5 Å². The van der Waals surface area contributed by atoms with Crippen LogP contribution < -0.4 is 0 Å². The molecule has 2 aromatic heterocycles. The van der Waals surface area contributed by atoms with E-state index < -0.39 is 0 Å². The van der Waals surface area contributed by atoms with E-state index in [-0.39, 0.29) is 0 Å². The number of methoxy groups -OCH3 is 1. The van der Waals surface area contributed by atoms with Gasteiger partial charge in [-0.15, -0.1) is 11.6 Å². The maximum Gasteiger partial charge on any atom is 0.158 e. The molecule has 0 saturated heterocycles. The van der Waals surface area contributed by atoms with Gasteiger partial charge in [0.1, 0.15) is 11.3 Å². The predicted molar refractivity (Wildman–Crippen MR) is 76.6 cm³/mol. The van der Waals surface area contributed by atoms with Crippen molar-refractivity contribution >= 4 is 22.8 Å². The Bertz CT molecular complexity index is 560. The number of fused-ring (bicyclic) bond motifs is 1. The van der Waals surface area contributed by atoms with Gasteiger partial charge in [-0.2, -0.15) is 5.10 Å². The molecule has 0 bridgehead atoms. The number of aromatic nitrogens is 4. The van der Waals surface area contributed by atoms with Crippen molar-refractivity contribution in [2.75, 3.05) is 13.7 Å². The summed E-state index contributed by atoms with van der Waals surface area (Å²) in [6.45, 7) is 4.98. The van der Waals surface area contributed by atoms with E-state index in [9.17, 15) is 0 Å². The fraction of sp³-hybridized carbons (Fsp3) is 0.692. The van der Waals surface area contributed by atoms with Gasteiger partial charge in [0.2, 0.25) is 0 Å². The number of alkyl halides is 1. The molecule has 0 aliphatic rings. The van der Waals surface area contributed by atoms with Crippen LogP contribution in [0.25, 0.3) is 11.2 Å². The van der Waals surface area contributed by atoms with Crippen molar-refractivity contribution in [1.82, 2.24) is 19.3 Å². The predicted octanol–water partition coefficient (Wildman–Crippen LogP) is 2.67. The van der Waals surface area contributed by atoms with Gasteiger partial charge in [-0.25, -0.2) is 4.98 Å². The molecule has 0 aliphatic heterocycles. The standard InChI is InChI=1S/C13H21ClN4O/c1-5-10-12-13(17(3)16-10)18(11(8-14)15-12)9(2)6-7-19-4/h9H,5-8H2,1-4H3. The SMILES string of the molecule is CCc1nn(C)c2c1nc(CCl)n2C(C)CCOC. The molecule has 2 rings (SSSR count). The average Bonchev–Trinajstić information content (AvgIpc) is 2.93. The molecule has 0 aliphatic carbocycles. The van der Waals surface area contributed by atoms with Gasteiger partial charge in [-0.3, -0.25) is 4.68 Å². The molecule has 2 aromatic rings. The van der Waals surface area contributed by atoms with Gasteiger partial charge in [0.15, 0.2) is 5.65 Å². The molecule has 2 heterocycles. The highest BCUT2D eigenvalue weighted by Gasteiger charge is 2.21. The zero-order valence-electron chi connectivity index (χ0n) is 12.0. The first-order valence-electron chi connectivity index (χ1n) is 6.61. The number of imidazole rings is 1. The van der Waals surface area contributed by atoms with Crippen molar-refractivity contribution in [3.8, 4) is 0 Å². The zero-order valence-corrected chi connectivity index (χ0v) is 12.7. The lowest BCUT2D eigenvalue weighted by Crippen LogP contribution is -2.13. The Hall–Kier alpha value is -1.07. The summed E-state index contributed by atoms with van der Waals surface area (Å²) in [6.07, 6.45) is 1.81. The highest BCUT2D eigenvalue weighted by atomic mass is 35.5. The topological polar surface area (TPSA) is 44.9 Å². The molecular weight excluding hydrogens is 264 g/mol. The Morgan fingerprint density at radius 2 is 2.16 bits per heavy atom. The maximum atomic E-state index is 6.04. The summed E-state index contributed by atoms with van der Waals surface area (Å²) >= 11 is 6.04. The van der Waals surface area contributed by atoms with Crippen molar-refractivity contribution in [1.29, 1.82) is 0 Å². The molecular formula is C13H21ClN4O. The molecule has 1 unspecified atom stereocenters. The van der Waals surface area contributed by atoms with Crippen LogP contribution in [0.15, 0.2) is 0 Å². The fourth-order valence-corrected chi connectivity index (χ4v) is 2.65. The van der Waals surface area contributed by atoms with E-state index in [1.54, 1.807) is 7.11 Å². The van der Waals surface area contributed by atoms with Crippen LogP contribution in [0, 0.1) is 0 Å². The Morgan fingerprint density at radius 3 is 2.74 bits per heavy atom. The Labute approximate surface area is 118 Å². The second kappa shape index (κ2) is 5.92. The minimum Gasteiger partial charge on any atom is -0.385 e. The van der Waals surface area contributed by atoms with Crippen LogP contribution in [0.2, 0.25) is 0 Å². The first kappa shape index (κ1) is 14.3. The number of aryl methyl sites for hydroxylation is 2. The van der Waals surface area contributed by atoms with E-state index in [4.69, 9.17) is 16.3 Å². The summed E-state index contributed by atoms with van der Waals surface area (Å²) in [5, 5.41) is 4.53. The highest BCUT2D eigenvalue weighted by molar-refractivity contribution is 6.16. The minimum atomic E-state index is 0.291. The molecule has 0 saturated carbocycles. The second-order valence-corrected chi connectivity index (χ2v) is 5.03. The molecule has 0 spiro atoms. The van der Waals surface area contributed by atoms with Crippen molar-refractivity contribution in [2.24, 2.45) is 7.05 Å². The van der Waals surface area contributed by atoms with E-state index in [1.165, 1.54) is 0 Å². The monoisotopic (exact) mass is 284 g/mol.